The van der Waals surface area contributed by atoms with Gasteiger partial charge in [-0.3, -0.25) is 0 Å². The van der Waals surface area contributed by atoms with Gasteiger partial charge in [-0.25, -0.2) is 27.7 Å². The minimum Gasteiger partial charge on any atom is -0.467 e. The van der Waals surface area contributed by atoms with Crippen molar-refractivity contribution in [3.05, 3.63) is 88.8 Å². The minimum atomic E-state index is -1.63. The number of ether oxygens (including phenoxy) is 1. The lowest BCUT2D eigenvalue weighted by Gasteiger charge is -2.36. The number of carbonyl (C=O) groups is 2. The molecule has 10 heteroatoms. The molecule has 1 aromatic heterocycles. The number of nitrogens with one attached hydrogen (secondary N) is 2. The van der Waals surface area contributed by atoms with Gasteiger partial charge in [-0.1, -0.05) is 36.4 Å². The Kier molecular flexibility index (Phi) is 6.34. The molecule has 0 bridgehead atoms. The highest BCUT2D eigenvalue weighted by Crippen LogP contribution is 2.35. The summed E-state index contributed by atoms with van der Waals surface area (Å²) in [5.41, 5.74) is 1.53. The number of imidazole rings is 1. The molecule has 0 aliphatic carbocycles. The summed E-state index contributed by atoms with van der Waals surface area (Å²) in [5, 5.41) is 2.64. The molecule has 4 rings (SSSR count). The number of nitrogens with zero attached hydrogens (tertiary/aromatic N) is 2. The van der Waals surface area contributed by atoms with Crippen molar-refractivity contribution in [3.8, 4) is 0 Å². The zero-order valence-electron chi connectivity index (χ0n) is 17.6. The number of methoxy groups -OCH3 is 1. The van der Waals surface area contributed by atoms with E-state index >= 15 is 0 Å². The zero-order valence-corrected chi connectivity index (χ0v) is 17.6. The average Bonchev–Trinajstić information content (AvgIpc) is 3.31. The molecule has 0 unspecified atom stereocenters. The van der Waals surface area contributed by atoms with Crippen LogP contribution in [0.5, 0.6) is 0 Å². The van der Waals surface area contributed by atoms with Crippen LogP contribution in [0.25, 0.3) is 0 Å². The van der Waals surface area contributed by atoms with Crippen LogP contribution in [0.3, 0.4) is 0 Å². The van der Waals surface area contributed by atoms with Crippen LogP contribution in [0.1, 0.15) is 28.6 Å². The Bertz CT molecular complexity index is 1170. The minimum absolute atomic E-state index is 0.128. The molecule has 0 radical (unpaired) electrons. The summed E-state index contributed by atoms with van der Waals surface area (Å²) in [5.74, 6) is -5.02. The molecule has 0 fully saturated rings. The fourth-order valence-corrected chi connectivity index (χ4v) is 3.98. The van der Waals surface area contributed by atoms with E-state index in [0.717, 1.165) is 17.7 Å². The molecule has 3 aromatic rings. The highest BCUT2D eigenvalue weighted by Gasteiger charge is 2.38. The standard InChI is InChI=1S/C23H21F3N4O3/c1-33-22(31)17(11-13-5-3-2-4-6-13)29-23(32)30-10-9-16-20(28-12-27-16)21(30)14-7-8-15(24)19(26)18(14)25/h2-8,12,17,21H,9-11H2,1H3,(H,27,28)(H,29,32)/t17-,21+/m0/s1. The first-order chi connectivity index (χ1) is 15.9. The number of urea groups is 1. The number of esters is 1. The highest BCUT2D eigenvalue weighted by molar-refractivity contribution is 5.84. The fourth-order valence-electron chi connectivity index (χ4n) is 3.98. The van der Waals surface area contributed by atoms with Crippen LogP contribution < -0.4 is 5.32 Å². The molecule has 7 nitrogen and oxygen atoms in total. The van der Waals surface area contributed by atoms with Crippen LogP contribution in [0.15, 0.2) is 48.8 Å². The fraction of sp³-hybridized carbons (Fsp3) is 0.261. The highest BCUT2D eigenvalue weighted by atomic mass is 19.2. The number of fused-ring (bicyclic) bond motifs is 1. The Morgan fingerprint density at radius 3 is 2.67 bits per heavy atom. The van der Waals surface area contributed by atoms with Gasteiger partial charge in [0.2, 0.25) is 0 Å². The SMILES string of the molecule is COC(=O)[C@H](Cc1ccccc1)NC(=O)N1CCc2[nH]cnc2[C@H]1c1ccc(F)c(F)c1F. The number of carbonyl (C=O) groups excluding carboxylic acids is 2. The van der Waals surface area contributed by atoms with Crippen molar-refractivity contribution >= 4 is 12.0 Å². The van der Waals surface area contributed by atoms with E-state index in [1.165, 1.54) is 18.3 Å². The molecule has 33 heavy (non-hydrogen) atoms. The summed E-state index contributed by atoms with van der Waals surface area (Å²) in [4.78, 5) is 34.0. The van der Waals surface area contributed by atoms with Crippen LogP contribution in [-0.2, 0) is 22.4 Å². The molecule has 172 valence electrons. The van der Waals surface area contributed by atoms with Gasteiger partial charge >= 0.3 is 12.0 Å². The van der Waals surface area contributed by atoms with E-state index in [1.807, 2.05) is 6.07 Å². The summed E-state index contributed by atoms with van der Waals surface area (Å²) < 4.78 is 47.1. The molecule has 0 spiro atoms. The Labute approximate surface area is 187 Å². The van der Waals surface area contributed by atoms with Gasteiger partial charge in [0.05, 0.1) is 19.1 Å². The summed E-state index contributed by atoms with van der Waals surface area (Å²) in [6.07, 6.45) is 1.95. The van der Waals surface area contributed by atoms with Crippen molar-refractivity contribution in [2.45, 2.75) is 24.9 Å². The van der Waals surface area contributed by atoms with E-state index in [4.69, 9.17) is 4.74 Å². The molecule has 2 aromatic carbocycles. The molecule has 1 aliphatic rings. The first-order valence-electron chi connectivity index (χ1n) is 10.2. The second-order valence-electron chi connectivity index (χ2n) is 7.59. The largest absolute Gasteiger partial charge is 0.467 e. The lowest BCUT2D eigenvalue weighted by molar-refractivity contribution is -0.142. The van der Waals surface area contributed by atoms with Gasteiger partial charge in [-0.05, 0) is 11.6 Å². The number of rotatable bonds is 5. The van der Waals surface area contributed by atoms with Gasteiger partial charge in [-0.15, -0.1) is 0 Å². The molecule has 2 heterocycles. The van der Waals surface area contributed by atoms with Crippen molar-refractivity contribution in [3.63, 3.8) is 0 Å². The quantitative estimate of drug-likeness (QED) is 0.454. The number of amides is 2. The Hall–Kier alpha value is -3.82. The maximum atomic E-state index is 14.7. The molecular weight excluding hydrogens is 437 g/mol. The van der Waals surface area contributed by atoms with Crippen molar-refractivity contribution in [1.29, 1.82) is 0 Å². The maximum Gasteiger partial charge on any atom is 0.328 e. The lowest BCUT2D eigenvalue weighted by atomic mass is 9.95. The second-order valence-corrected chi connectivity index (χ2v) is 7.59. The summed E-state index contributed by atoms with van der Waals surface area (Å²) >= 11 is 0. The van der Waals surface area contributed by atoms with Gasteiger partial charge in [0.1, 0.15) is 12.1 Å². The lowest BCUT2D eigenvalue weighted by Crippen LogP contribution is -2.52. The number of aromatic amines is 1. The maximum absolute atomic E-state index is 14.7. The van der Waals surface area contributed by atoms with Crippen LogP contribution in [0, 0.1) is 17.5 Å². The molecule has 2 atom stereocenters. The number of halogens is 3. The van der Waals surface area contributed by atoms with Crippen molar-refractivity contribution in [1.82, 2.24) is 20.2 Å². The molecular formula is C23H21F3N4O3. The smallest absolute Gasteiger partial charge is 0.328 e. The van der Waals surface area contributed by atoms with E-state index in [1.54, 1.807) is 24.3 Å². The van der Waals surface area contributed by atoms with E-state index in [2.05, 4.69) is 15.3 Å². The number of hydrogen-bond donors (Lipinski definition) is 2. The third-order valence-corrected chi connectivity index (χ3v) is 5.61. The van der Waals surface area contributed by atoms with E-state index in [9.17, 15) is 22.8 Å². The van der Waals surface area contributed by atoms with Crippen LogP contribution in [0.2, 0.25) is 0 Å². The molecule has 2 amide bonds. The third-order valence-electron chi connectivity index (χ3n) is 5.61. The van der Waals surface area contributed by atoms with Gasteiger partial charge in [0.25, 0.3) is 0 Å². The number of aromatic nitrogens is 2. The topological polar surface area (TPSA) is 87.3 Å². The van der Waals surface area contributed by atoms with Gasteiger partial charge in [0.15, 0.2) is 17.5 Å². The molecule has 0 saturated carbocycles. The number of H-pyrrole nitrogens is 1. The Morgan fingerprint density at radius 2 is 1.94 bits per heavy atom. The first kappa shape index (κ1) is 22.4. The predicted octanol–water partition coefficient (Wildman–Crippen LogP) is 3.27. The Balaban J connectivity index is 1.66. The van der Waals surface area contributed by atoms with Gasteiger partial charge < -0.3 is 19.9 Å². The van der Waals surface area contributed by atoms with Gasteiger partial charge in [0, 0.05) is 30.6 Å². The zero-order chi connectivity index (χ0) is 23.5. The summed E-state index contributed by atoms with van der Waals surface area (Å²) in [7, 11) is 1.21. The average molecular weight is 458 g/mol. The summed E-state index contributed by atoms with van der Waals surface area (Å²) in [6, 6.07) is 8.10. The second kappa shape index (κ2) is 9.35. The van der Waals surface area contributed by atoms with Crippen LogP contribution in [0.4, 0.5) is 18.0 Å². The normalized spacial score (nSPS) is 16.1. The number of hydrogen-bond acceptors (Lipinski definition) is 4. The van der Waals surface area contributed by atoms with E-state index in [-0.39, 0.29) is 18.5 Å². The molecule has 0 saturated heterocycles. The summed E-state index contributed by atoms with van der Waals surface area (Å²) in [6.45, 7) is 0.128. The van der Waals surface area contributed by atoms with Crippen molar-refractivity contribution in [2.75, 3.05) is 13.7 Å². The van der Waals surface area contributed by atoms with Gasteiger partial charge in [-0.2, -0.15) is 0 Å². The van der Waals surface area contributed by atoms with Crippen LogP contribution >= 0.6 is 0 Å². The van der Waals surface area contributed by atoms with Crippen LogP contribution in [-0.4, -0.2) is 46.6 Å². The number of benzene rings is 2. The van der Waals surface area contributed by atoms with E-state index < -0.39 is 41.5 Å². The molecule has 2 N–H and O–H groups in total. The third kappa shape index (κ3) is 4.41. The Morgan fingerprint density at radius 1 is 1.18 bits per heavy atom. The molecule has 1 aliphatic heterocycles. The monoisotopic (exact) mass is 458 g/mol. The van der Waals surface area contributed by atoms with E-state index in [0.29, 0.717) is 17.8 Å². The predicted molar refractivity (Wildman–Crippen MR) is 112 cm³/mol. The van der Waals surface area contributed by atoms with Crippen molar-refractivity contribution in [2.24, 2.45) is 0 Å². The first-order valence-corrected chi connectivity index (χ1v) is 10.2. The van der Waals surface area contributed by atoms with Crippen molar-refractivity contribution < 1.29 is 27.5 Å².